The highest BCUT2D eigenvalue weighted by molar-refractivity contribution is 6.22. The zero-order chi connectivity index (χ0) is 24.8. The van der Waals surface area contributed by atoms with E-state index in [4.69, 9.17) is 4.99 Å². The van der Waals surface area contributed by atoms with Gasteiger partial charge in [-0.05, 0) is 46.7 Å². The van der Waals surface area contributed by atoms with E-state index in [0.29, 0.717) is 5.92 Å². The summed E-state index contributed by atoms with van der Waals surface area (Å²) in [5.41, 5.74) is 6.96. The van der Waals surface area contributed by atoms with Crippen LogP contribution in [0, 0.1) is 5.92 Å². The van der Waals surface area contributed by atoms with Crippen molar-refractivity contribution in [2.24, 2.45) is 10.9 Å². The van der Waals surface area contributed by atoms with Gasteiger partial charge in [0.25, 0.3) is 0 Å². The molecule has 2 heterocycles. The first-order valence-corrected chi connectivity index (χ1v) is 12.9. The average molecular weight is 478 g/mol. The highest BCUT2D eigenvalue weighted by Crippen LogP contribution is 2.37. The lowest BCUT2D eigenvalue weighted by Gasteiger charge is -2.17. The zero-order valence-corrected chi connectivity index (χ0v) is 20.7. The van der Waals surface area contributed by atoms with Crippen LogP contribution in [-0.4, -0.2) is 10.4 Å². The molecule has 1 N–H and O–H groups in total. The van der Waals surface area contributed by atoms with Crippen molar-refractivity contribution in [1.29, 1.82) is 0 Å². The molecule has 178 valence electrons. The highest BCUT2D eigenvalue weighted by atomic mass is 15.1. The van der Waals surface area contributed by atoms with Gasteiger partial charge in [-0.1, -0.05) is 97.9 Å². The lowest BCUT2D eigenvalue weighted by molar-refractivity contribution is 0.742. The molecule has 1 aliphatic rings. The molecule has 1 aliphatic heterocycles. The molecular formula is C34H27N3. The molecule has 0 aliphatic carbocycles. The smallest absolute Gasteiger partial charge is 0.114 e. The molecule has 0 spiro atoms. The van der Waals surface area contributed by atoms with E-state index in [1.807, 2.05) is 6.20 Å². The summed E-state index contributed by atoms with van der Waals surface area (Å²) in [7, 11) is 0. The summed E-state index contributed by atoms with van der Waals surface area (Å²) in [6.45, 7) is 2.25. The van der Waals surface area contributed by atoms with Crippen molar-refractivity contribution in [1.82, 2.24) is 4.57 Å². The van der Waals surface area contributed by atoms with Crippen LogP contribution in [0.5, 0.6) is 0 Å². The maximum absolute atomic E-state index is 4.87. The van der Waals surface area contributed by atoms with Crippen molar-refractivity contribution in [3.8, 4) is 11.1 Å². The van der Waals surface area contributed by atoms with Crippen LogP contribution in [0.2, 0.25) is 0 Å². The molecule has 3 nitrogen and oxygen atoms in total. The van der Waals surface area contributed by atoms with Gasteiger partial charge in [0.1, 0.15) is 5.84 Å². The predicted molar refractivity (Wildman–Crippen MR) is 158 cm³/mol. The Labute approximate surface area is 216 Å². The molecule has 3 heteroatoms. The normalized spacial score (nSPS) is 15.4. The van der Waals surface area contributed by atoms with E-state index in [1.54, 1.807) is 0 Å². The first kappa shape index (κ1) is 21.6. The molecule has 0 saturated carbocycles. The number of aromatic nitrogens is 1. The van der Waals surface area contributed by atoms with E-state index in [2.05, 4.69) is 132 Å². The fraction of sp³-hybridized carbons (Fsp3) is 0.0882. The van der Waals surface area contributed by atoms with E-state index >= 15 is 0 Å². The number of nitrogens with one attached hydrogen (secondary N) is 1. The van der Waals surface area contributed by atoms with Crippen molar-refractivity contribution in [2.75, 3.05) is 5.32 Å². The third-order valence-electron chi connectivity index (χ3n) is 7.31. The van der Waals surface area contributed by atoms with Crippen LogP contribution in [0.3, 0.4) is 0 Å². The number of aliphatic imine (C=N–C) groups is 1. The topological polar surface area (TPSA) is 29.3 Å². The number of benzene rings is 5. The quantitative estimate of drug-likeness (QED) is 0.270. The first-order valence-electron chi connectivity index (χ1n) is 12.9. The van der Waals surface area contributed by atoms with E-state index in [-0.39, 0.29) is 0 Å². The van der Waals surface area contributed by atoms with E-state index in [0.717, 1.165) is 23.6 Å². The number of allylic oxidation sites excluding steroid dienone is 1. The third kappa shape index (κ3) is 3.80. The Morgan fingerprint density at radius 3 is 2.38 bits per heavy atom. The summed E-state index contributed by atoms with van der Waals surface area (Å²) >= 11 is 0. The van der Waals surface area contributed by atoms with Gasteiger partial charge in [-0.25, -0.2) is 4.99 Å². The Balaban J connectivity index is 1.40. The maximum atomic E-state index is 4.87. The highest BCUT2D eigenvalue weighted by Gasteiger charge is 2.19. The summed E-state index contributed by atoms with van der Waals surface area (Å²) in [6.07, 6.45) is 5.06. The second-order valence-corrected chi connectivity index (χ2v) is 9.89. The zero-order valence-electron chi connectivity index (χ0n) is 20.7. The monoisotopic (exact) mass is 477 g/mol. The second-order valence-electron chi connectivity index (χ2n) is 9.89. The Kier molecular flexibility index (Phi) is 5.14. The SMILES string of the molecule is CC1C=CN=C(n2c3cc(Nc4cccc(-c5ccccc5)c4)ccc3c3ccc4ccccc4c32)C1. The number of hydrogen-bond acceptors (Lipinski definition) is 2. The van der Waals surface area contributed by atoms with Crippen molar-refractivity contribution >= 4 is 49.8 Å². The fourth-order valence-electron chi connectivity index (χ4n) is 5.53. The molecule has 6 aromatic rings. The summed E-state index contributed by atoms with van der Waals surface area (Å²) in [5, 5.41) is 8.67. The van der Waals surface area contributed by atoms with Gasteiger partial charge in [-0.15, -0.1) is 0 Å². The van der Waals surface area contributed by atoms with Gasteiger partial charge in [0.2, 0.25) is 0 Å². The molecule has 0 bridgehead atoms. The first-order chi connectivity index (χ1) is 18.2. The lowest BCUT2D eigenvalue weighted by Crippen LogP contribution is -2.16. The Hall–Kier alpha value is -4.63. The van der Waals surface area contributed by atoms with Crippen molar-refractivity contribution in [3.63, 3.8) is 0 Å². The van der Waals surface area contributed by atoms with Crippen molar-refractivity contribution in [3.05, 3.63) is 121 Å². The van der Waals surface area contributed by atoms with Crippen LogP contribution in [0.15, 0.2) is 126 Å². The Morgan fingerprint density at radius 1 is 0.703 bits per heavy atom. The molecule has 0 radical (unpaired) electrons. The molecule has 0 saturated heterocycles. The van der Waals surface area contributed by atoms with Crippen LogP contribution < -0.4 is 5.32 Å². The van der Waals surface area contributed by atoms with E-state index in [9.17, 15) is 0 Å². The Bertz CT molecular complexity index is 1840. The largest absolute Gasteiger partial charge is 0.355 e. The van der Waals surface area contributed by atoms with Gasteiger partial charge < -0.3 is 5.32 Å². The standard InChI is InChI=1S/C34H27N3/c1-23-18-19-35-33(20-23)37-32-22-28(36-27-12-7-11-26(21-27)24-8-3-2-4-9-24)15-17-30(32)31-16-14-25-10-5-6-13-29(25)34(31)37/h2-19,21-23,36H,20H2,1H3. The lowest BCUT2D eigenvalue weighted by atomic mass is 10.0. The second kappa shape index (κ2) is 8.79. The number of hydrogen-bond donors (Lipinski definition) is 1. The van der Waals surface area contributed by atoms with Gasteiger partial charge in [-0.3, -0.25) is 4.57 Å². The minimum Gasteiger partial charge on any atom is -0.355 e. The maximum Gasteiger partial charge on any atom is 0.114 e. The molecule has 0 amide bonds. The summed E-state index contributed by atoms with van der Waals surface area (Å²) < 4.78 is 2.39. The van der Waals surface area contributed by atoms with Gasteiger partial charge >= 0.3 is 0 Å². The van der Waals surface area contributed by atoms with Gasteiger partial charge in [-0.2, -0.15) is 0 Å². The van der Waals surface area contributed by atoms with Crippen LogP contribution in [0.25, 0.3) is 43.7 Å². The predicted octanol–water partition coefficient (Wildman–Crippen LogP) is 9.16. The number of fused-ring (bicyclic) bond motifs is 5. The van der Waals surface area contributed by atoms with E-state index in [1.165, 1.54) is 43.7 Å². The molecule has 37 heavy (non-hydrogen) atoms. The van der Waals surface area contributed by atoms with Crippen LogP contribution in [0.1, 0.15) is 13.3 Å². The Morgan fingerprint density at radius 2 is 1.49 bits per heavy atom. The van der Waals surface area contributed by atoms with E-state index < -0.39 is 0 Å². The number of anilines is 2. The molecule has 1 aromatic heterocycles. The van der Waals surface area contributed by atoms with Crippen molar-refractivity contribution in [2.45, 2.75) is 13.3 Å². The van der Waals surface area contributed by atoms with Gasteiger partial charge in [0.15, 0.2) is 0 Å². The summed E-state index contributed by atoms with van der Waals surface area (Å²) in [6, 6.07) is 38.9. The molecule has 7 rings (SSSR count). The van der Waals surface area contributed by atoms with Gasteiger partial charge in [0, 0.05) is 40.2 Å². The summed E-state index contributed by atoms with van der Waals surface area (Å²) in [5.74, 6) is 1.55. The minimum atomic E-state index is 0.456. The number of rotatable bonds is 3. The molecule has 0 fully saturated rings. The molecule has 1 atom stereocenters. The number of nitrogens with zero attached hydrogens (tertiary/aromatic N) is 2. The van der Waals surface area contributed by atoms with Crippen LogP contribution >= 0.6 is 0 Å². The van der Waals surface area contributed by atoms with Crippen LogP contribution in [-0.2, 0) is 0 Å². The third-order valence-corrected chi connectivity index (χ3v) is 7.31. The fourth-order valence-corrected chi connectivity index (χ4v) is 5.53. The average Bonchev–Trinajstić information content (AvgIpc) is 3.28. The van der Waals surface area contributed by atoms with Crippen LogP contribution in [0.4, 0.5) is 11.4 Å². The minimum absolute atomic E-state index is 0.456. The molecular weight excluding hydrogens is 450 g/mol. The summed E-state index contributed by atoms with van der Waals surface area (Å²) in [4.78, 5) is 4.87. The van der Waals surface area contributed by atoms with Crippen molar-refractivity contribution < 1.29 is 0 Å². The molecule has 1 unspecified atom stereocenters. The molecule has 5 aromatic carbocycles. The van der Waals surface area contributed by atoms with Gasteiger partial charge in [0.05, 0.1) is 11.0 Å².